The van der Waals surface area contributed by atoms with Crippen molar-refractivity contribution in [2.24, 2.45) is 14.1 Å². The fourth-order valence-corrected chi connectivity index (χ4v) is 2.29. The molecule has 0 radical (unpaired) electrons. The molecular weight excluding hydrogens is 202 g/mol. The van der Waals surface area contributed by atoms with Crippen LogP contribution in [-0.4, -0.2) is 4.57 Å². The van der Waals surface area contributed by atoms with Crippen LogP contribution in [0, 0.1) is 0 Å². The van der Waals surface area contributed by atoms with E-state index in [0.717, 1.165) is 16.3 Å². The first-order chi connectivity index (χ1) is 7.59. The molecule has 80 valence electrons. The van der Waals surface area contributed by atoms with E-state index in [9.17, 15) is 4.79 Å². The third kappa shape index (κ3) is 0.934. The van der Waals surface area contributed by atoms with E-state index in [-0.39, 0.29) is 5.43 Å². The average Bonchev–Trinajstić information content (AvgIpc) is 2.57. The van der Waals surface area contributed by atoms with Crippen LogP contribution in [0.4, 0.5) is 5.69 Å². The molecule has 0 saturated heterocycles. The predicted octanol–water partition coefficient (Wildman–Crippen LogP) is 0.536. The average molecular weight is 214 g/mol. The van der Waals surface area contributed by atoms with Crippen LogP contribution in [0.2, 0.25) is 0 Å². The molecule has 0 aliphatic heterocycles. The van der Waals surface area contributed by atoms with Crippen molar-refractivity contribution in [3.05, 3.63) is 34.7 Å². The lowest BCUT2D eigenvalue weighted by Crippen LogP contribution is -2.30. The summed E-state index contributed by atoms with van der Waals surface area (Å²) in [5.74, 6) is 0. The van der Waals surface area contributed by atoms with Gasteiger partial charge in [0.15, 0.2) is 6.20 Å². The summed E-state index contributed by atoms with van der Waals surface area (Å²) in [5.41, 5.74) is 7.64. The quantitative estimate of drug-likeness (QED) is 0.438. The Labute approximate surface area is 91.9 Å². The van der Waals surface area contributed by atoms with Crippen LogP contribution in [-0.2, 0) is 14.1 Å². The van der Waals surface area contributed by atoms with Crippen molar-refractivity contribution >= 4 is 27.5 Å². The monoisotopic (exact) mass is 214 g/mol. The maximum atomic E-state index is 12.0. The number of hydrogen-bond donors (Lipinski definition) is 1. The molecule has 0 fully saturated rings. The molecule has 0 amide bonds. The highest BCUT2D eigenvalue weighted by atomic mass is 16.1. The number of benzene rings is 1. The summed E-state index contributed by atoms with van der Waals surface area (Å²) in [6.07, 6.45) is 3.93. The second-order valence-corrected chi connectivity index (χ2v) is 4.16. The maximum absolute atomic E-state index is 12.0. The van der Waals surface area contributed by atoms with Crippen molar-refractivity contribution in [2.45, 2.75) is 0 Å². The lowest BCUT2D eigenvalue weighted by molar-refractivity contribution is -0.642. The Morgan fingerprint density at radius 3 is 2.94 bits per heavy atom. The van der Waals surface area contributed by atoms with Crippen molar-refractivity contribution in [1.29, 1.82) is 0 Å². The highest BCUT2D eigenvalue weighted by Gasteiger charge is 2.20. The molecule has 0 atom stereocenters. The van der Waals surface area contributed by atoms with Gasteiger partial charge in [0.2, 0.25) is 0 Å². The number of nitrogens with two attached hydrogens (primary N) is 1. The first kappa shape index (κ1) is 9.15. The fourth-order valence-electron chi connectivity index (χ4n) is 2.29. The van der Waals surface area contributed by atoms with Gasteiger partial charge in [-0.1, -0.05) is 0 Å². The predicted molar refractivity (Wildman–Crippen MR) is 63.5 cm³/mol. The first-order valence-electron chi connectivity index (χ1n) is 5.09. The van der Waals surface area contributed by atoms with E-state index in [2.05, 4.69) is 0 Å². The second-order valence-electron chi connectivity index (χ2n) is 4.16. The van der Waals surface area contributed by atoms with Gasteiger partial charge in [-0.25, -0.2) is 0 Å². The van der Waals surface area contributed by atoms with Crippen LogP contribution in [0.15, 0.2) is 29.3 Å². The first-order valence-corrected chi connectivity index (χ1v) is 5.09. The molecule has 2 aromatic heterocycles. The minimum Gasteiger partial charge on any atom is -0.395 e. The molecule has 4 heteroatoms. The van der Waals surface area contributed by atoms with Crippen LogP contribution in [0.1, 0.15) is 0 Å². The van der Waals surface area contributed by atoms with E-state index < -0.39 is 0 Å². The lowest BCUT2D eigenvalue weighted by Gasteiger charge is -2.03. The molecule has 1 aromatic carbocycles. The topological polar surface area (TPSA) is 51.9 Å². The summed E-state index contributed by atoms with van der Waals surface area (Å²) in [6.45, 7) is 0. The van der Waals surface area contributed by atoms with Crippen LogP contribution in [0.5, 0.6) is 0 Å². The fraction of sp³-hybridized carbons (Fsp3) is 0.167. The van der Waals surface area contributed by atoms with Crippen molar-refractivity contribution in [3.63, 3.8) is 0 Å². The van der Waals surface area contributed by atoms with Gasteiger partial charge in [0, 0.05) is 13.2 Å². The second kappa shape index (κ2) is 2.72. The molecule has 0 aliphatic rings. The molecule has 0 unspecified atom stereocenters. The summed E-state index contributed by atoms with van der Waals surface area (Å²) in [6, 6.07) is 3.75. The van der Waals surface area contributed by atoms with Gasteiger partial charge in [-0.05, 0) is 12.1 Å². The third-order valence-corrected chi connectivity index (χ3v) is 3.09. The van der Waals surface area contributed by atoms with Gasteiger partial charge in [-0.3, -0.25) is 4.79 Å². The van der Waals surface area contributed by atoms with Crippen molar-refractivity contribution in [2.75, 3.05) is 5.73 Å². The molecular formula is C12H12N3O+. The van der Waals surface area contributed by atoms with Crippen LogP contribution in [0.25, 0.3) is 21.8 Å². The number of aromatic nitrogens is 2. The van der Waals surface area contributed by atoms with Gasteiger partial charge < -0.3 is 10.3 Å². The molecule has 0 spiro atoms. The summed E-state index contributed by atoms with van der Waals surface area (Å²) in [4.78, 5) is 12.0. The normalized spacial score (nSPS) is 11.6. The minimum atomic E-state index is -0.0869. The van der Waals surface area contributed by atoms with E-state index in [0.29, 0.717) is 11.2 Å². The largest absolute Gasteiger partial charge is 0.395 e. The van der Waals surface area contributed by atoms with E-state index in [1.807, 2.05) is 41.7 Å². The maximum Gasteiger partial charge on any atom is 0.273 e. The van der Waals surface area contributed by atoms with Gasteiger partial charge in [0.25, 0.3) is 10.9 Å². The zero-order chi connectivity index (χ0) is 11.4. The van der Waals surface area contributed by atoms with Gasteiger partial charge >= 0.3 is 0 Å². The van der Waals surface area contributed by atoms with Crippen LogP contribution < -0.4 is 15.7 Å². The van der Waals surface area contributed by atoms with Gasteiger partial charge in [0.05, 0.1) is 22.0 Å². The Bertz CT molecular complexity index is 758. The number of aryl methyl sites for hydroxylation is 2. The Balaban J connectivity index is 2.79. The number of hydrogen-bond acceptors (Lipinski definition) is 2. The van der Waals surface area contributed by atoms with E-state index in [1.165, 1.54) is 0 Å². The molecule has 2 N–H and O–H groups in total. The highest BCUT2D eigenvalue weighted by molar-refractivity contribution is 6.07. The highest BCUT2D eigenvalue weighted by Crippen LogP contribution is 2.23. The third-order valence-electron chi connectivity index (χ3n) is 3.09. The van der Waals surface area contributed by atoms with Crippen LogP contribution in [0.3, 0.4) is 0 Å². The van der Waals surface area contributed by atoms with Crippen molar-refractivity contribution in [1.82, 2.24) is 4.57 Å². The molecule has 3 rings (SSSR count). The van der Waals surface area contributed by atoms with Gasteiger partial charge in [-0.15, -0.1) is 0 Å². The Morgan fingerprint density at radius 2 is 2.19 bits per heavy atom. The van der Waals surface area contributed by atoms with E-state index in [4.69, 9.17) is 5.73 Å². The van der Waals surface area contributed by atoms with E-state index in [1.54, 1.807) is 6.07 Å². The van der Waals surface area contributed by atoms with E-state index >= 15 is 0 Å². The van der Waals surface area contributed by atoms with Gasteiger partial charge in [0.1, 0.15) is 7.05 Å². The standard InChI is InChI=1S/C12H11N3O/c1-14-4-3-7-6-15(2)11-10(7)9(14)5-8(13)12(11)16/h3-6,13H,1-2H3/p+1. The number of anilines is 1. The molecule has 0 bridgehead atoms. The molecule has 0 saturated carbocycles. The lowest BCUT2D eigenvalue weighted by atomic mass is 10.1. The number of pyridine rings is 1. The summed E-state index contributed by atoms with van der Waals surface area (Å²) in [5, 5.41) is 2.06. The summed E-state index contributed by atoms with van der Waals surface area (Å²) in [7, 11) is 3.82. The van der Waals surface area contributed by atoms with Gasteiger partial charge in [-0.2, -0.15) is 4.57 Å². The molecule has 16 heavy (non-hydrogen) atoms. The molecule has 3 aromatic rings. The molecule has 0 aliphatic carbocycles. The molecule has 4 nitrogen and oxygen atoms in total. The van der Waals surface area contributed by atoms with Crippen molar-refractivity contribution in [3.8, 4) is 0 Å². The smallest absolute Gasteiger partial charge is 0.273 e. The summed E-state index contributed by atoms with van der Waals surface area (Å²) >= 11 is 0. The summed E-state index contributed by atoms with van der Waals surface area (Å²) < 4.78 is 3.82. The minimum absolute atomic E-state index is 0.0869. The Hall–Kier alpha value is -2.10. The Kier molecular flexibility index (Phi) is 1.56. The Morgan fingerprint density at radius 1 is 1.44 bits per heavy atom. The van der Waals surface area contributed by atoms with Crippen LogP contribution >= 0.6 is 0 Å². The zero-order valence-electron chi connectivity index (χ0n) is 9.19. The number of nitrogen functional groups attached to an aromatic ring is 1. The van der Waals surface area contributed by atoms with Crippen molar-refractivity contribution < 1.29 is 4.57 Å². The number of rotatable bonds is 0. The molecule has 2 heterocycles. The SMILES string of the molecule is Cn1ccc2c[n+](C)c3c(=O)c(N)cc1c23. The zero-order valence-corrected chi connectivity index (χ0v) is 9.19. The number of nitrogens with zero attached hydrogens (tertiary/aromatic N) is 2.